The molecule has 20 heavy (non-hydrogen) atoms. The van der Waals surface area contributed by atoms with E-state index in [1.54, 1.807) is 0 Å². The Labute approximate surface area is 122 Å². The van der Waals surface area contributed by atoms with Gasteiger partial charge in [-0.2, -0.15) is 9.97 Å². The van der Waals surface area contributed by atoms with Crippen molar-refractivity contribution in [3.63, 3.8) is 0 Å². The van der Waals surface area contributed by atoms with Gasteiger partial charge in [0.05, 0.1) is 0 Å². The maximum Gasteiger partial charge on any atom is 0.226 e. The maximum absolute atomic E-state index is 4.66. The molecule has 0 spiro atoms. The molecule has 0 unspecified atom stereocenters. The van der Waals surface area contributed by atoms with Gasteiger partial charge in [-0.15, -0.1) is 0 Å². The molecule has 1 aromatic heterocycles. The number of hydrogen-bond acceptors (Lipinski definition) is 4. The van der Waals surface area contributed by atoms with Crippen LogP contribution in [-0.4, -0.2) is 21.0 Å². The zero-order valence-corrected chi connectivity index (χ0v) is 13.1. The Morgan fingerprint density at radius 2 is 1.95 bits per heavy atom. The highest BCUT2D eigenvalue weighted by atomic mass is 15.2. The van der Waals surface area contributed by atoms with E-state index in [9.17, 15) is 0 Å². The third-order valence-electron chi connectivity index (χ3n) is 3.37. The zero-order chi connectivity index (χ0) is 14.5. The van der Waals surface area contributed by atoms with Gasteiger partial charge in [0.15, 0.2) is 5.82 Å². The van der Waals surface area contributed by atoms with Crippen LogP contribution >= 0.6 is 0 Å². The predicted molar refractivity (Wildman–Crippen MR) is 83.6 cm³/mol. The highest BCUT2D eigenvalue weighted by Crippen LogP contribution is 2.25. The van der Waals surface area contributed by atoms with Gasteiger partial charge >= 0.3 is 0 Å². The average molecular weight is 274 g/mol. The van der Waals surface area contributed by atoms with Crippen molar-refractivity contribution in [1.29, 1.82) is 0 Å². The minimum absolute atomic E-state index is 0.334. The van der Waals surface area contributed by atoms with Crippen molar-refractivity contribution in [1.82, 2.24) is 15.0 Å². The van der Waals surface area contributed by atoms with E-state index in [0.29, 0.717) is 12.0 Å². The fourth-order valence-corrected chi connectivity index (χ4v) is 2.29. The molecule has 0 bridgehead atoms. The molecular weight excluding hydrogens is 248 g/mol. The van der Waals surface area contributed by atoms with E-state index in [0.717, 1.165) is 43.3 Å². The SMILES string of the molecule is CC(C)CCc1nc(NC(C)C)nc(C2=CCCC2)n1. The van der Waals surface area contributed by atoms with Crippen molar-refractivity contribution >= 4 is 11.5 Å². The lowest BCUT2D eigenvalue weighted by Crippen LogP contribution is -2.15. The summed E-state index contributed by atoms with van der Waals surface area (Å²) in [7, 11) is 0. The van der Waals surface area contributed by atoms with E-state index in [1.165, 1.54) is 12.0 Å². The molecule has 1 N–H and O–H groups in total. The van der Waals surface area contributed by atoms with E-state index < -0.39 is 0 Å². The summed E-state index contributed by atoms with van der Waals surface area (Å²) in [6.07, 6.45) is 7.76. The van der Waals surface area contributed by atoms with Gasteiger partial charge in [0.1, 0.15) is 5.82 Å². The van der Waals surface area contributed by atoms with Gasteiger partial charge < -0.3 is 5.32 Å². The van der Waals surface area contributed by atoms with E-state index in [2.05, 4.69) is 54.0 Å². The summed E-state index contributed by atoms with van der Waals surface area (Å²) < 4.78 is 0. The number of hydrogen-bond donors (Lipinski definition) is 1. The van der Waals surface area contributed by atoms with Crippen molar-refractivity contribution in [3.8, 4) is 0 Å². The normalized spacial score (nSPS) is 15.0. The van der Waals surface area contributed by atoms with Gasteiger partial charge in [0.2, 0.25) is 5.95 Å². The van der Waals surface area contributed by atoms with Gasteiger partial charge in [0, 0.05) is 12.5 Å². The first-order valence-corrected chi connectivity index (χ1v) is 7.75. The van der Waals surface area contributed by atoms with Crippen LogP contribution in [0.25, 0.3) is 5.57 Å². The summed E-state index contributed by atoms with van der Waals surface area (Å²) in [4.78, 5) is 13.8. The number of nitrogens with zero attached hydrogens (tertiary/aromatic N) is 3. The molecule has 0 fully saturated rings. The lowest BCUT2D eigenvalue weighted by molar-refractivity contribution is 0.573. The first-order chi connectivity index (χ1) is 9.54. The maximum atomic E-state index is 4.66. The first kappa shape index (κ1) is 14.9. The molecule has 0 aliphatic heterocycles. The number of rotatable bonds is 6. The Morgan fingerprint density at radius 3 is 2.55 bits per heavy atom. The van der Waals surface area contributed by atoms with Crippen molar-refractivity contribution in [2.24, 2.45) is 5.92 Å². The Hall–Kier alpha value is -1.45. The van der Waals surface area contributed by atoms with Crippen LogP contribution in [0.1, 0.15) is 65.0 Å². The molecule has 2 rings (SSSR count). The molecule has 4 nitrogen and oxygen atoms in total. The van der Waals surface area contributed by atoms with E-state index >= 15 is 0 Å². The molecule has 4 heteroatoms. The largest absolute Gasteiger partial charge is 0.352 e. The van der Waals surface area contributed by atoms with Gasteiger partial charge in [-0.3, -0.25) is 0 Å². The molecule has 0 atom stereocenters. The van der Waals surface area contributed by atoms with Crippen molar-refractivity contribution in [2.75, 3.05) is 5.32 Å². The van der Waals surface area contributed by atoms with Crippen LogP contribution in [-0.2, 0) is 6.42 Å². The van der Waals surface area contributed by atoms with Gasteiger partial charge in [-0.1, -0.05) is 19.9 Å². The fourth-order valence-electron chi connectivity index (χ4n) is 2.29. The second kappa shape index (κ2) is 6.82. The second-order valence-corrected chi connectivity index (χ2v) is 6.25. The lowest BCUT2D eigenvalue weighted by atomic mass is 10.1. The molecule has 1 aliphatic carbocycles. The molecule has 0 aromatic carbocycles. The third kappa shape index (κ3) is 4.29. The molecular formula is C16H26N4. The summed E-state index contributed by atoms with van der Waals surface area (Å²) in [6, 6.07) is 0.334. The highest BCUT2D eigenvalue weighted by molar-refractivity contribution is 5.62. The summed E-state index contributed by atoms with van der Waals surface area (Å²) >= 11 is 0. The average Bonchev–Trinajstić information content (AvgIpc) is 2.89. The topological polar surface area (TPSA) is 50.7 Å². The predicted octanol–water partition coefficient (Wildman–Crippen LogP) is 3.85. The monoisotopic (exact) mass is 274 g/mol. The summed E-state index contributed by atoms with van der Waals surface area (Å²) in [5.74, 6) is 3.18. The number of nitrogens with one attached hydrogen (secondary N) is 1. The van der Waals surface area contributed by atoms with Crippen LogP contribution in [0.15, 0.2) is 6.08 Å². The molecule has 1 aliphatic rings. The van der Waals surface area contributed by atoms with Crippen LogP contribution in [0.2, 0.25) is 0 Å². The number of allylic oxidation sites excluding steroid dienone is 2. The van der Waals surface area contributed by atoms with Gasteiger partial charge in [0.25, 0.3) is 0 Å². The van der Waals surface area contributed by atoms with Crippen molar-refractivity contribution < 1.29 is 0 Å². The minimum Gasteiger partial charge on any atom is -0.352 e. The smallest absolute Gasteiger partial charge is 0.226 e. The number of anilines is 1. The number of aromatic nitrogens is 3. The zero-order valence-electron chi connectivity index (χ0n) is 13.1. The molecule has 1 aromatic rings. The summed E-state index contributed by atoms with van der Waals surface area (Å²) in [5, 5.41) is 3.31. The first-order valence-electron chi connectivity index (χ1n) is 7.75. The highest BCUT2D eigenvalue weighted by Gasteiger charge is 2.14. The van der Waals surface area contributed by atoms with E-state index in [4.69, 9.17) is 0 Å². The Morgan fingerprint density at radius 1 is 1.15 bits per heavy atom. The van der Waals surface area contributed by atoms with Crippen molar-refractivity contribution in [3.05, 3.63) is 17.7 Å². The Kier molecular flexibility index (Phi) is 5.10. The molecule has 0 amide bonds. The minimum atomic E-state index is 0.334. The summed E-state index contributed by atoms with van der Waals surface area (Å²) in [6.45, 7) is 8.67. The molecule has 110 valence electrons. The molecule has 0 saturated heterocycles. The van der Waals surface area contributed by atoms with Crippen LogP contribution in [0, 0.1) is 5.92 Å². The standard InChI is InChI=1S/C16H26N4/c1-11(2)9-10-14-18-15(13-7-5-6-8-13)20-16(19-14)17-12(3)4/h7,11-12H,5-6,8-10H2,1-4H3,(H,17,18,19,20). The number of aryl methyl sites for hydroxylation is 1. The Bertz CT molecular complexity index is 477. The van der Waals surface area contributed by atoms with Crippen LogP contribution in [0.5, 0.6) is 0 Å². The quantitative estimate of drug-likeness (QED) is 0.856. The fraction of sp³-hybridized carbons (Fsp3) is 0.688. The van der Waals surface area contributed by atoms with Gasteiger partial charge in [-0.05, 0) is 51.0 Å². The lowest BCUT2D eigenvalue weighted by Gasteiger charge is -2.12. The van der Waals surface area contributed by atoms with Gasteiger partial charge in [-0.25, -0.2) is 4.98 Å². The van der Waals surface area contributed by atoms with E-state index in [1.807, 2.05) is 0 Å². The van der Waals surface area contributed by atoms with Crippen LogP contribution < -0.4 is 5.32 Å². The molecule has 1 heterocycles. The van der Waals surface area contributed by atoms with Crippen LogP contribution in [0.3, 0.4) is 0 Å². The Balaban J connectivity index is 2.23. The third-order valence-corrected chi connectivity index (χ3v) is 3.37. The van der Waals surface area contributed by atoms with Crippen molar-refractivity contribution in [2.45, 2.75) is 65.8 Å². The second-order valence-electron chi connectivity index (χ2n) is 6.25. The summed E-state index contributed by atoms with van der Waals surface area (Å²) in [5.41, 5.74) is 1.28. The molecule has 0 saturated carbocycles. The molecule has 0 radical (unpaired) electrons. The van der Waals surface area contributed by atoms with E-state index in [-0.39, 0.29) is 0 Å². The van der Waals surface area contributed by atoms with Crippen LogP contribution in [0.4, 0.5) is 5.95 Å².